The van der Waals surface area contributed by atoms with E-state index in [1.54, 1.807) is 6.20 Å². The predicted octanol–water partition coefficient (Wildman–Crippen LogP) is 1.66. The standard InChI is InChI=1S/C10H9N3O2S/c1-13-5-4-12-10(13)16-8-6-7(9(14)15)2-3-11-8/h2-6H,1H3,(H,14,15). The number of nitrogens with zero attached hydrogens (tertiary/aromatic N) is 3. The summed E-state index contributed by atoms with van der Waals surface area (Å²) in [6.45, 7) is 0. The second-order valence-electron chi connectivity index (χ2n) is 3.11. The number of carboxylic acid groups (broad SMARTS) is 1. The summed E-state index contributed by atoms with van der Waals surface area (Å²) in [5.74, 6) is -0.955. The van der Waals surface area contributed by atoms with Gasteiger partial charge in [0.2, 0.25) is 0 Å². The first-order valence-electron chi connectivity index (χ1n) is 4.51. The van der Waals surface area contributed by atoms with Crippen LogP contribution in [0, 0.1) is 0 Å². The summed E-state index contributed by atoms with van der Waals surface area (Å²) in [5, 5.41) is 10.2. The molecule has 2 heterocycles. The van der Waals surface area contributed by atoms with Gasteiger partial charge in [-0.2, -0.15) is 0 Å². The number of hydrogen-bond acceptors (Lipinski definition) is 4. The molecule has 2 rings (SSSR count). The van der Waals surface area contributed by atoms with Gasteiger partial charge in [-0.15, -0.1) is 0 Å². The van der Waals surface area contributed by atoms with E-state index >= 15 is 0 Å². The van der Waals surface area contributed by atoms with E-state index in [0.29, 0.717) is 5.03 Å². The summed E-state index contributed by atoms with van der Waals surface area (Å²) in [6.07, 6.45) is 4.99. The van der Waals surface area contributed by atoms with Gasteiger partial charge in [0.1, 0.15) is 5.03 Å². The molecule has 0 saturated heterocycles. The van der Waals surface area contributed by atoms with Gasteiger partial charge in [0.25, 0.3) is 0 Å². The topological polar surface area (TPSA) is 68.0 Å². The third-order valence-electron chi connectivity index (χ3n) is 1.95. The zero-order chi connectivity index (χ0) is 11.5. The fourth-order valence-corrected chi connectivity index (χ4v) is 1.95. The summed E-state index contributed by atoms with van der Waals surface area (Å²) in [7, 11) is 1.87. The van der Waals surface area contributed by atoms with Crippen molar-refractivity contribution in [3.63, 3.8) is 0 Å². The van der Waals surface area contributed by atoms with Crippen molar-refractivity contribution in [1.82, 2.24) is 14.5 Å². The monoisotopic (exact) mass is 235 g/mol. The Bertz CT molecular complexity index is 524. The maximum atomic E-state index is 10.8. The molecule has 0 aromatic carbocycles. The van der Waals surface area contributed by atoms with Crippen molar-refractivity contribution in [1.29, 1.82) is 0 Å². The largest absolute Gasteiger partial charge is 0.478 e. The lowest BCUT2D eigenvalue weighted by molar-refractivity contribution is 0.0696. The van der Waals surface area contributed by atoms with Crippen LogP contribution in [0.5, 0.6) is 0 Å². The minimum atomic E-state index is -0.955. The number of imidazole rings is 1. The molecule has 0 saturated carbocycles. The molecule has 0 aliphatic rings. The molecule has 0 spiro atoms. The minimum Gasteiger partial charge on any atom is -0.478 e. The molecule has 5 nitrogen and oxygen atoms in total. The summed E-state index contributed by atoms with van der Waals surface area (Å²) < 4.78 is 1.85. The molecule has 0 radical (unpaired) electrons. The molecule has 2 aromatic heterocycles. The first kappa shape index (κ1) is 10.7. The van der Waals surface area contributed by atoms with E-state index in [1.165, 1.54) is 30.1 Å². The van der Waals surface area contributed by atoms with Crippen LogP contribution in [0.4, 0.5) is 0 Å². The number of aryl methyl sites for hydroxylation is 1. The van der Waals surface area contributed by atoms with Crippen LogP contribution in [-0.4, -0.2) is 25.6 Å². The van der Waals surface area contributed by atoms with Gasteiger partial charge >= 0.3 is 5.97 Å². The van der Waals surface area contributed by atoms with Gasteiger partial charge in [0.15, 0.2) is 5.16 Å². The first-order valence-corrected chi connectivity index (χ1v) is 5.33. The van der Waals surface area contributed by atoms with Crippen molar-refractivity contribution in [3.05, 3.63) is 36.3 Å². The summed E-state index contributed by atoms with van der Waals surface area (Å²) >= 11 is 1.33. The van der Waals surface area contributed by atoms with Crippen LogP contribution in [0.1, 0.15) is 10.4 Å². The maximum absolute atomic E-state index is 10.8. The molecule has 1 N–H and O–H groups in total. The molecule has 82 valence electrons. The fourth-order valence-electron chi connectivity index (χ4n) is 1.14. The zero-order valence-electron chi connectivity index (χ0n) is 8.49. The number of hydrogen-bond donors (Lipinski definition) is 1. The third kappa shape index (κ3) is 2.22. The van der Waals surface area contributed by atoms with Crippen LogP contribution < -0.4 is 0 Å². The highest BCUT2D eigenvalue weighted by atomic mass is 32.2. The van der Waals surface area contributed by atoms with Crippen molar-refractivity contribution in [2.24, 2.45) is 7.05 Å². The predicted molar refractivity (Wildman–Crippen MR) is 58.5 cm³/mol. The van der Waals surface area contributed by atoms with E-state index in [1.807, 2.05) is 17.8 Å². The normalized spacial score (nSPS) is 10.3. The van der Waals surface area contributed by atoms with Crippen molar-refractivity contribution in [3.8, 4) is 0 Å². The van der Waals surface area contributed by atoms with E-state index < -0.39 is 5.97 Å². The number of aromatic carboxylic acids is 1. The number of carbonyl (C=O) groups is 1. The molecule has 0 unspecified atom stereocenters. The Morgan fingerprint density at radius 1 is 1.44 bits per heavy atom. The highest BCUT2D eigenvalue weighted by molar-refractivity contribution is 7.99. The van der Waals surface area contributed by atoms with E-state index in [0.717, 1.165) is 5.16 Å². The van der Waals surface area contributed by atoms with Crippen LogP contribution in [0.15, 0.2) is 40.9 Å². The first-order chi connectivity index (χ1) is 7.66. The minimum absolute atomic E-state index is 0.228. The summed E-state index contributed by atoms with van der Waals surface area (Å²) in [4.78, 5) is 19.0. The number of rotatable bonds is 3. The summed E-state index contributed by atoms with van der Waals surface area (Å²) in [6, 6.07) is 2.99. The molecule has 0 bridgehead atoms. The molecule has 0 aliphatic heterocycles. The van der Waals surface area contributed by atoms with Crippen molar-refractivity contribution >= 4 is 17.7 Å². The number of carboxylic acids is 1. The van der Waals surface area contributed by atoms with Gasteiger partial charge in [-0.25, -0.2) is 14.8 Å². The molecule has 0 atom stereocenters. The molecule has 0 amide bonds. The van der Waals surface area contributed by atoms with Gasteiger partial charge in [-0.1, -0.05) is 0 Å². The Labute approximate surface area is 96.2 Å². The molecule has 2 aromatic rings. The number of pyridine rings is 1. The number of aromatic nitrogens is 3. The van der Waals surface area contributed by atoms with E-state index in [-0.39, 0.29) is 5.56 Å². The molecular weight excluding hydrogens is 226 g/mol. The average Bonchev–Trinajstić information content (AvgIpc) is 2.65. The van der Waals surface area contributed by atoms with Gasteiger partial charge < -0.3 is 9.67 Å². The zero-order valence-corrected chi connectivity index (χ0v) is 9.31. The van der Waals surface area contributed by atoms with Crippen molar-refractivity contribution in [2.45, 2.75) is 10.2 Å². The van der Waals surface area contributed by atoms with E-state index in [2.05, 4.69) is 9.97 Å². The quantitative estimate of drug-likeness (QED) is 0.876. The van der Waals surface area contributed by atoms with Gasteiger partial charge in [0.05, 0.1) is 5.56 Å². The second-order valence-corrected chi connectivity index (χ2v) is 4.10. The highest BCUT2D eigenvalue weighted by Crippen LogP contribution is 2.24. The van der Waals surface area contributed by atoms with Gasteiger partial charge in [0, 0.05) is 25.6 Å². The molecule has 0 fully saturated rings. The lowest BCUT2D eigenvalue weighted by Gasteiger charge is -2.01. The maximum Gasteiger partial charge on any atom is 0.335 e. The Morgan fingerprint density at radius 3 is 2.88 bits per heavy atom. The lowest BCUT2D eigenvalue weighted by atomic mass is 10.3. The van der Waals surface area contributed by atoms with Gasteiger partial charge in [-0.3, -0.25) is 0 Å². The Hall–Kier alpha value is -1.82. The molecular formula is C10H9N3O2S. The molecule has 16 heavy (non-hydrogen) atoms. The van der Waals surface area contributed by atoms with Crippen LogP contribution in [0.25, 0.3) is 0 Å². The van der Waals surface area contributed by atoms with Gasteiger partial charge in [-0.05, 0) is 23.9 Å². The third-order valence-corrected chi connectivity index (χ3v) is 2.96. The van der Waals surface area contributed by atoms with Crippen molar-refractivity contribution < 1.29 is 9.90 Å². The Morgan fingerprint density at radius 2 is 2.25 bits per heavy atom. The van der Waals surface area contributed by atoms with E-state index in [9.17, 15) is 4.79 Å². The van der Waals surface area contributed by atoms with E-state index in [4.69, 9.17) is 5.11 Å². The average molecular weight is 235 g/mol. The Kier molecular flexibility index (Phi) is 2.91. The second kappa shape index (κ2) is 4.36. The Balaban J connectivity index is 2.25. The highest BCUT2D eigenvalue weighted by Gasteiger charge is 2.07. The van der Waals surface area contributed by atoms with Crippen LogP contribution in [-0.2, 0) is 7.05 Å². The SMILES string of the molecule is Cn1ccnc1Sc1cc(C(=O)O)ccn1. The smallest absolute Gasteiger partial charge is 0.335 e. The lowest BCUT2D eigenvalue weighted by Crippen LogP contribution is -1.97. The van der Waals surface area contributed by atoms with Crippen molar-refractivity contribution in [2.75, 3.05) is 0 Å². The fraction of sp³-hybridized carbons (Fsp3) is 0.100. The van der Waals surface area contributed by atoms with Crippen LogP contribution in [0.3, 0.4) is 0 Å². The van der Waals surface area contributed by atoms with Crippen LogP contribution in [0.2, 0.25) is 0 Å². The molecule has 0 aliphatic carbocycles. The van der Waals surface area contributed by atoms with Crippen LogP contribution >= 0.6 is 11.8 Å². The summed E-state index contributed by atoms with van der Waals surface area (Å²) in [5.41, 5.74) is 0.228. The molecule has 6 heteroatoms.